The maximum absolute atomic E-state index is 12.5. The minimum Gasteiger partial charge on any atom is -0.497 e. The van der Waals surface area contributed by atoms with Crippen molar-refractivity contribution in [3.8, 4) is 5.75 Å². The van der Waals surface area contributed by atoms with Crippen LogP contribution in [0.1, 0.15) is 18.4 Å². The summed E-state index contributed by atoms with van der Waals surface area (Å²) in [5.74, 6) is 1.43. The van der Waals surface area contributed by atoms with Crippen molar-refractivity contribution < 1.29 is 14.6 Å². The number of pyridine rings is 1. The van der Waals surface area contributed by atoms with Crippen LogP contribution in [0.3, 0.4) is 0 Å². The third-order valence-corrected chi connectivity index (χ3v) is 6.23. The predicted octanol–water partition coefficient (Wildman–Crippen LogP) is 3.03. The van der Waals surface area contributed by atoms with Gasteiger partial charge in [-0.3, -0.25) is 9.78 Å². The van der Waals surface area contributed by atoms with Gasteiger partial charge in [0.15, 0.2) is 0 Å². The first-order valence-corrected chi connectivity index (χ1v) is 10.2. The van der Waals surface area contributed by atoms with Crippen LogP contribution in [0.4, 0.5) is 0 Å². The van der Waals surface area contributed by atoms with Crippen LogP contribution in [-0.4, -0.2) is 53.5 Å². The third-order valence-electron chi connectivity index (χ3n) is 5.24. The molecule has 5 nitrogen and oxygen atoms in total. The van der Waals surface area contributed by atoms with Crippen molar-refractivity contribution in [2.24, 2.45) is 5.41 Å². The van der Waals surface area contributed by atoms with Crippen LogP contribution in [0.5, 0.6) is 5.75 Å². The van der Waals surface area contributed by atoms with Gasteiger partial charge in [-0.1, -0.05) is 12.1 Å². The van der Waals surface area contributed by atoms with Gasteiger partial charge in [0.1, 0.15) is 5.75 Å². The van der Waals surface area contributed by atoms with Crippen LogP contribution in [0.2, 0.25) is 0 Å². The molecule has 0 bridgehead atoms. The molecule has 0 saturated carbocycles. The minimum absolute atomic E-state index is 0.137. The van der Waals surface area contributed by atoms with Gasteiger partial charge in [0.05, 0.1) is 12.9 Å². The Morgan fingerprint density at radius 3 is 2.67 bits per heavy atom. The van der Waals surface area contributed by atoms with E-state index in [1.54, 1.807) is 31.3 Å². The first kappa shape index (κ1) is 19.7. The normalized spacial score (nSPS) is 16.1. The molecule has 1 aromatic heterocycles. The Labute approximate surface area is 164 Å². The average molecular weight is 387 g/mol. The lowest BCUT2D eigenvalue weighted by atomic mass is 9.74. The highest BCUT2D eigenvalue weighted by Crippen LogP contribution is 2.35. The fourth-order valence-electron chi connectivity index (χ4n) is 3.51. The van der Waals surface area contributed by atoms with E-state index in [4.69, 9.17) is 4.74 Å². The molecular weight excluding hydrogens is 360 g/mol. The number of piperidine rings is 1. The molecule has 1 saturated heterocycles. The van der Waals surface area contributed by atoms with Gasteiger partial charge in [-0.05, 0) is 49.1 Å². The maximum atomic E-state index is 12.5. The number of rotatable bonds is 7. The second kappa shape index (κ2) is 9.24. The van der Waals surface area contributed by atoms with E-state index in [9.17, 15) is 9.90 Å². The van der Waals surface area contributed by atoms with Gasteiger partial charge in [0.25, 0.3) is 0 Å². The summed E-state index contributed by atoms with van der Waals surface area (Å²) in [6.07, 6.45) is 5.90. The number of aliphatic hydroxyl groups is 1. The number of aliphatic hydroxyl groups excluding tert-OH is 1. The van der Waals surface area contributed by atoms with Crippen LogP contribution in [0.15, 0.2) is 53.7 Å². The summed E-state index contributed by atoms with van der Waals surface area (Å²) in [5.41, 5.74) is 0.998. The Hall–Kier alpha value is -2.05. The zero-order valence-electron chi connectivity index (χ0n) is 15.6. The molecule has 0 radical (unpaired) electrons. The van der Waals surface area contributed by atoms with Crippen molar-refractivity contribution in [2.45, 2.75) is 24.2 Å². The van der Waals surface area contributed by atoms with Gasteiger partial charge in [-0.15, -0.1) is 11.8 Å². The Kier molecular flexibility index (Phi) is 6.74. The van der Waals surface area contributed by atoms with Crippen molar-refractivity contribution in [1.82, 2.24) is 9.88 Å². The number of hydrogen-bond donors (Lipinski definition) is 1. The van der Waals surface area contributed by atoms with Crippen LogP contribution in [0.25, 0.3) is 0 Å². The molecule has 0 atom stereocenters. The standard InChI is InChI=1S/C21H26N2O3S/c1-26-18-4-2-3-17(13-18)14-21(16-24)7-11-23(12-8-21)20(25)15-27-19-5-9-22-10-6-19/h2-6,9-10,13,24H,7-8,11-12,14-16H2,1H3. The molecular formula is C21H26N2O3S. The summed E-state index contributed by atoms with van der Waals surface area (Å²) in [4.78, 5) is 19.5. The summed E-state index contributed by atoms with van der Waals surface area (Å²) in [7, 11) is 1.66. The second-order valence-corrected chi connectivity index (χ2v) is 8.09. The molecule has 1 aliphatic heterocycles. The summed E-state index contributed by atoms with van der Waals surface area (Å²) in [6.45, 7) is 1.53. The van der Waals surface area contributed by atoms with E-state index >= 15 is 0 Å². The maximum Gasteiger partial charge on any atom is 0.232 e. The molecule has 144 valence electrons. The topological polar surface area (TPSA) is 62.7 Å². The second-order valence-electron chi connectivity index (χ2n) is 7.04. The number of thioether (sulfide) groups is 1. The lowest BCUT2D eigenvalue weighted by molar-refractivity contribution is -0.131. The zero-order chi connectivity index (χ0) is 19.1. The molecule has 0 aliphatic carbocycles. The summed E-state index contributed by atoms with van der Waals surface area (Å²) in [5, 5.41) is 10.1. The number of likely N-dealkylation sites (tertiary alicyclic amines) is 1. The number of ether oxygens (including phenoxy) is 1. The van der Waals surface area contributed by atoms with Gasteiger partial charge >= 0.3 is 0 Å². The van der Waals surface area contributed by atoms with E-state index < -0.39 is 0 Å². The molecule has 1 fully saturated rings. The highest BCUT2D eigenvalue weighted by Gasteiger charge is 2.35. The number of amides is 1. The first-order valence-electron chi connectivity index (χ1n) is 9.18. The third kappa shape index (κ3) is 5.23. The summed E-state index contributed by atoms with van der Waals surface area (Å²) >= 11 is 1.54. The zero-order valence-corrected chi connectivity index (χ0v) is 16.5. The van der Waals surface area contributed by atoms with Crippen molar-refractivity contribution in [3.63, 3.8) is 0 Å². The fourth-order valence-corrected chi connectivity index (χ4v) is 4.29. The van der Waals surface area contributed by atoms with E-state index in [0.717, 1.165) is 35.5 Å². The fraction of sp³-hybridized carbons (Fsp3) is 0.429. The van der Waals surface area contributed by atoms with Crippen LogP contribution < -0.4 is 4.74 Å². The Bertz CT molecular complexity index is 746. The van der Waals surface area contributed by atoms with Crippen molar-refractivity contribution in [2.75, 3.05) is 32.6 Å². The number of nitrogens with zero attached hydrogens (tertiary/aromatic N) is 2. The highest BCUT2D eigenvalue weighted by atomic mass is 32.2. The van der Waals surface area contributed by atoms with Gasteiger partial charge in [0.2, 0.25) is 5.91 Å². The lowest BCUT2D eigenvalue weighted by Gasteiger charge is -2.41. The van der Waals surface area contributed by atoms with Gasteiger partial charge in [0, 0.05) is 42.4 Å². The first-order chi connectivity index (χ1) is 13.1. The quantitative estimate of drug-likeness (QED) is 0.741. The van der Waals surface area contributed by atoms with Crippen LogP contribution in [-0.2, 0) is 11.2 Å². The molecule has 2 heterocycles. The number of carbonyl (C=O) groups excluding carboxylic acids is 1. The number of benzene rings is 1. The predicted molar refractivity (Wildman–Crippen MR) is 107 cm³/mol. The Morgan fingerprint density at radius 2 is 2.00 bits per heavy atom. The van der Waals surface area contributed by atoms with Gasteiger partial charge < -0.3 is 14.7 Å². The van der Waals surface area contributed by atoms with E-state index in [1.807, 2.05) is 35.2 Å². The van der Waals surface area contributed by atoms with Crippen LogP contribution in [0, 0.1) is 5.41 Å². The van der Waals surface area contributed by atoms with Gasteiger partial charge in [-0.25, -0.2) is 0 Å². The van der Waals surface area contributed by atoms with Crippen molar-refractivity contribution >= 4 is 17.7 Å². The molecule has 0 unspecified atom stereocenters. The molecule has 3 rings (SSSR count). The molecule has 1 N–H and O–H groups in total. The SMILES string of the molecule is COc1cccc(CC2(CO)CCN(C(=O)CSc3ccncc3)CC2)c1. The monoisotopic (exact) mass is 386 g/mol. The van der Waals surface area contributed by atoms with E-state index in [2.05, 4.69) is 11.1 Å². The largest absolute Gasteiger partial charge is 0.497 e. The van der Waals surface area contributed by atoms with Crippen LogP contribution >= 0.6 is 11.8 Å². The van der Waals surface area contributed by atoms with E-state index in [-0.39, 0.29) is 17.9 Å². The molecule has 1 aliphatic rings. The number of hydrogen-bond acceptors (Lipinski definition) is 5. The Morgan fingerprint density at radius 1 is 1.26 bits per heavy atom. The highest BCUT2D eigenvalue weighted by molar-refractivity contribution is 8.00. The number of carbonyl (C=O) groups is 1. The molecule has 0 spiro atoms. The summed E-state index contributed by atoms with van der Waals surface area (Å²) in [6, 6.07) is 11.8. The number of aromatic nitrogens is 1. The molecule has 2 aromatic rings. The van der Waals surface area contributed by atoms with Crippen molar-refractivity contribution in [1.29, 1.82) is 0 Å². The summed E-state index contributed by atoms with van der Waals surface area (Å²) < 4.78 is 5.30. The number of methoxy groups -OCH3 is 1. The van der Waals surface area contributed by atoms with Gasteiger partial charge in [-0.2, -0.15) is 0 Å². The Balaban J connectivity index is 1.54. The molecule has 1 aromatic carbocycles. The molecule has 6 heteroatoms. The van der Waals surface area contributed by atoms with E-state index in [1.165, 1.54) is 0 Å². The smallest absolute Gasteiger partial charge is 0.232 e. The molecule has 27 heavy (non-hydrogen) atoms. The minimum atomic E-state index is -0.165. The average Bonchev–Trinajstić information content (AvgIpc) is 2.73. The molecule has 1 amide bonds. The van der Waals surface area contributed by atoms with Crippen molar-refractivity contribution in [3.05, 3.63) is 54.4 Å². The lowest BCUT2D eigenvalue weighted by Crippen LogP contribution is -2.46. The van der Waals surface area contributed by atoms with E-state index in [0.29, 0.717) is 18.8 Å².